The van der Waals surface area contributed by atoms with E-state index in [1.165, 1.54) is 12.1 Å². The van der Waals surface area contributed by atoms with E-state index < -0.39 is 24.1 Å². The number of esters is 1. The molecule has 0 aliphatic rings. The summed E-state index contributed by atoms with van der Waals surface area (Å²) in [6.45, 7) is 4.00. The zero-order valence-corrected chi connectivity index (χ0v) is 16.1. The molecule has 0 aliphatic heterocycles. The summed E-state index contributed by atoms with van der Waals surface area (Å²) in [6.07, 6.45) is 2.17. The minimum Gasteiger partial charge on any atom is -0.478 e. The van der Waals surface area contributed by atoms with Crippen LogP contribution in [0.1, 0.15) is 54.3 Å². The van der Waals surface area contributed by atoms with Crippen molar-refractivity contribution in [2.24, 2.45) is 5.92 Å². The number of carbonyl (C=O) groups is 2. The van der Waals surface area contributed by atoms with Gasteiger partial charge in [-0.3, -0.25) is 0 Å². The van der Waals surface area contributed by atoms with Gasteiger partial charge in [-0.2, -0.15) is 0 Å². The van der Waals surface area contributed by atoms with Crippen LogP contribution in [0.15, 0.2) is 60.7 Å². The van der Waals surface area contributed by atoms with Crippen LogP contribution in [0.3, 0.4) is 0 Å². The Bertz CT molecular complexity index is 811. The number of carboxylic acid groups (broad SMARTS) is 1. The number of aliphatic hydroxyl groups is 1. The summed E-state index contributed by atoms with van der Waals surface area (Å²) in [5.74, 6) is -1.34. The van der Waals surface area contributed by atoms with E-state index >= 15 is 0 Å². The molecule has 2 aromatic carbocycles. The van der Waals surface area contributed by atoms with Crippen LogP contribution in [-0.2, 0) is 9.53 Å². The van der Waals surface area contributed by atoms with Crippen LogP contribution in [0.5, 0.6) is 0 Å². The molecule has 2 unspecified atom stereocenters. The monoisotopic (exact) mass is 382 g/mol. The Morgan fingerprint density at radius 1 is 1.00 bits per heavy atom. The lowest BCUT2D eigenvalue weighted by Gasteiger charge is -2.23. The molecule has 5 heteroatoms. The maximum Gasteiger partial charge on any atom is 0.336 e. The highest BCUT2D eigenvalue weighted by Gasteiger charge is 2.23. The van der Waals surface area contributed by atoms with Crippen LogP contribution >= 0.6 is 0 Å². The van der Waals surface area contributed by atoms with Crippen molar-refractivity contribution < 1.29 is 24.5 Å². The third-order valence-electron chi connectivity index (χ3n) is 4.26. The predicted molar refractivity (Wildman–Crippen MR) is 108 cm³/mol. The maximum atomic E-state index is 12.2. The summed E-state index contributed by atoms with van der Waals surface area (Å²) in [7, 11) is 0. The van der Waals surface area contributed by atoms with E-state index in [1.807, 2.05) is 44.2 Å². The van der Waals surface area contributed by atoms with Gasteiger partial charge in [0.25, 0.3) is 0 Å². The molecule has 5 nitrogen and oxygen atoms in total. The van der Waals surface area contributed by atoms with Gasteiger partial charge in [0.2, 0.25) is 0 Å². The van der Waals surface area contributed by atoms with Crippen LogP contribution in [0, 0.1) is 5.92 Å². The summed E-state index contributed by atoms with van der Waals surface area (Å²) in [5, 5.41) is 19.9. The van der Waals surface area contributed by atoms with Crippen LogP contribution in [-0.4, -0.2) is 28.3 Å². The third-order valence-corrected chi connectivity index (χ3v) is 4.26. The van der Waals surface area contributed by atoms with Crippen LogP contribution in [0.4, 0.5) is 0 Å². The normalized spacial score (nSPS) is 13.4. The SMILES string of the molecule is CC(C)CC(CC(O)c1ccccc1C(=O)O)OC(=O)/C=C/c1ccccc1. The molecule has 0 saturated heterocycles. The number of carboxylic acids is 1. The Morgan fingerprint density at radius 3 is 2.29 bits per heavy atom. The van der Waals surface area contributed by atoms with E-state index in [2.05, 4.69) is 0 Å². The van der Waals surface area contributed by atoms with Crippen molar-refractivity contribution >= 4 is 18.0 Å². The van der Waals surface area contributed by atoms with Gasteiger partial charge in [0.05, 0.1) is 11.7 Å². The van der Waals surface area contributed by atoms with E-state index in [0.717, 1.165) is 5.56 Å². The smallest absolute Gasteiger partial charge is 0.336 e. The Labute approximate surface area is 165 Å². The number of hydrogen-bond acceptors (Lipinski definition) is 4. The fraction of sp³-hybridized carbons (Fsp3) is 0.304. The average molecular weight is 382 g/mol. The zero-order valence-electron chi connectivity index (χ0n) is 16.1. The van der Waals surface area contributed by atoms with Crippen molar-refractivity contribution in [3.63, 3.8) is 0 Å². The lowest BCUT2D eigenvalue weighted by molar-refractivity contribution is -0.145. The van der Waals surface area contributed by atoms with Gasteiger partial charge < -0.3 is 14.9 Å². The highest BCUT2D eigenvalue weighted by atomic mass is 16.5. The molecular weight excluding hydrogens is 356 g/mol. The first-order valence-electron chi connectivity index (χ1n) is 9.30. The molecule has 0 radical (unpaired) electrons. The summed E-state index contributed by atoms with van der Waals surface area (Å²) in [4.78, 5) is 23.6. The first kappa shape index (κ1) is 21.4. The fourth-order valence-electron chi connectivity index (χ4n) is 3.01. The second-order valence-corrected chi connectivity index (χ2v) is 7.08. The topological polar surface area (TPSA) is 83.8 Å². The molecule has 148 valence electrons. The van der Waals surface area contributed by atoms with Gasteiger partial charge in [0, 0.05) is 12.5 Å². The fourth-order valence-corrected chi connectivity index (χ4v) is 3.01. The Balaban J connectivity index is 2.08. The number of hydrogen-bond donors (Lipinski definition) is 2. The number of benzene rings is 2. The Morgan fingerprint density at radius 2 is 1.64 bits per heavy atom. The minimum absolute atomic E-state index is 0.0496. The van der Waals surface area contributed by atoms with Gasteiger partial charge >= 0.3 is 11.9 Å². The van der Waals surface area contributed by atoms with E-state index in [9.17, 15) is 19.8 Å². The first-order chi connectivity index (χ1) is 13.4. The number of carbonyl (C=O) groups excluding carboxylic acids is 1. The molecule has 2 aromatic rings. The molecular formula is C23H26O5. The molecule has 0 heterocycles. The molecule has 0 bridgehead atoms. The first-order valence-corrected chi connectivity index (χ1v) is 9.30. The number of ether oxygens (including phenoxy) is 1. The van der Waals surface area contributed by atoms with Gasteiger partial charge in [0.1, 0.15) is 6.10 Å². The summed E-state index contributed by atoms with van der Waals surface area (Å²) in [6, 6.07) is 15.7. The van der Waals surface area contributed by atoms with Crippen LogP contribution < -0.4 is 0 Å². The van der Waals surface area contributed by atoms with Crippen LogP contribution in [0.25, 0.3) is 6.08 Å². The van der Waals surface area contributed by atoms with E-state index in [0.29, 0.717) is 12.0 Å². The van der Waals surface area contributed by atoms with E-state index in [4.69, 9.17) is 4.74 Å². The summed E-state index contributed by atoms with van der Waals surface area (Å²) in [5.41, 5.74) is 1.25. The van der Waals surface area contributed by atoms with Gasteiger partial charge in [-0.1, -0.05) is 62.4 Å². The van der Waals surface area contributed by atoms with E-state index in [-0.39, 0.29) is 17.9 Å². The number of rotatable bonds is 9. The summed E-state index contributed by atoms with van der Waals surface area (Å²) >= 11 is 0. The lowest BCUT2D eigenvalue weighted by atomic mass is 9.94. The third kappa shape index (κ3) is 6.67. The molecule has 2 N–H and O–H groups in total. The maximum absolute atomic E-state index is 12.2. The quantitative estimate of drug-likeness (QED) is 0.493. The molecule has 0 amide bonds. The van der Waals surface area contributed by atoms with Crippen molar-refractivity contribution in [1.82, 2.24) is 0 Å². The molecule has 0 saturated carbocycles. The Kier molecular flexibility index (Phi) is 7.96. The zero-order chi connectivity index (χ0) is 20.5. The largest absolute Gasteiger partial charge is 0.478 e. The highest BCUT2D eigenvalue weighted by Crippen LogP contribution is 2.26. The highest BCUT2D eigenvalue weighted by molar-refractivity contribution is 5.89. The summed E-state index contributed by atoms with van der Waals surface area (Å²) < 4.78 is 5.54. The predicted octanol–water partition coefficient (Wildman–Crippen LogP) is 4.48. The van der Waals surface area contributed by atoms with Crippen molar-refractivity contribution in [1.29, 1.82) is 0 Å². The second kappa shape index (κ2) is 10.4. The Hall–Kier alpha value is -2.92. The number of aromatic carboxylic acids is 1. The van der Waals surface area contributed by atoms with Crippen molar-refractivity contribution in [2.45, 2.75) is 38.9 Å². The molecule has 28 heavy (non-hydrogen) atoms. The lowest BCUT2D eigenvalue weighted by Crippen LogP contribution is -2.22. The van der Waals surface area contributed by atoms with Gasteiger partial charge in [-0.15, -0.1) is 0 Å². The van der Waals surface area contributed by atoms with Crippen molar-refractivity contribution in [3.8, 4) is 0 Å². The molecule has 0 aliphatic carbocycles. The van der Waals surface area contributed by atoms with Crippen molar-refractivity contribution in [2.75, 3.05) is 0 Å². The molecule has 0 spiro atoms. The average Bonchev–Trinajstić information content (AvgIpc) is 2.66. The van der Waals surface area contributed by atoms with Gasteiger partial charge in [-0.25, -0.2) is 9.59 Å². The second-order valence-electron chi connectivity index (χ2n) is 7.08. The molecule has 0 fully saturated rings. The van der Waals surface area contributed by atoms with Gasteiger partial charge in [0.15, 0.2) is 0 Å². The van der Waals surface area contributed by atoms with Gasteiger partial charge in [-0.05, 0) is 35.6 Å². The molecule has 0 aromatic heterocycles. The molecule has 2 atom stereocenters. The minimum atomic E-state index is -1.10. The standard InChI is InChI=1S/C23H26O5/c1-16(2)14-18(28-22(25)13-12-17-8-4-3-5-9-17)15-21(24)19-10-6-7-11-20(19)23(26)27/h3-13,16,18,21,24H,14-15H2,1-2H3,(H,26,27)/b13-12+. The van der Waals surface area contributed by atoms with Crippen LogP contribution in [0.2, 0.25) is 0 Å². The molecule has 2 rings (SSSR count). The number of aliphatic hydroxyl groups excluding tert-OH is 1. The van der Waals surface area contributed by atoms with Crippen molar-refractivity contribution in [3.05, 3.63) is 77.4 Å². The van der Waals surface area contributed by atoms with E-state index in [1.54, 1.807) is 24.3 Å².